The summed E-state index contributed by atoms with van der Waals surface area (Å²) in [4.78, 5) is 0. The molecule has 2 N–H and O–H groups in total. The number of benzene rings is 1. The Morgan fingerprint density at radius 1 is 1.33 bits per heavy atom. The first-order valence-corrected chi connectivity index (χ1v) is 5.68. The zero-order valence-electron chi connectivity index (χ0n) is 9.11. The smallest absolute Gasteiger partial charge is 0.178 e. The molecule has 1 aliphatic carbocycles. The summed E-state index contributed by atoms with van der Waals surface area (Å²) in [6.07, 6.45) is 3.36. The van der Waals surface area contributed by atoms with Crippen LogP contribution in [0.5, 0.6) is 0 Å². The first kappa shape index (κ1) is 10.7. The molecule has 2 heteroatoms. The van der Waals surface area contributed by atoms with Gasteiger partial charge in [-0.1, -0.05) is 31.5 Å². The second-order valence-corrected chi connectivity index (χ2v) is 4.42. The zero-order chi connectivity index (χ0) is 10.8. The van der Waals surface area contributed by atoms with Gasteiger partial charge in [-0.2, -0.15) is 0 Å². The molecule has 0 radical (unpaired) electrons. The third-order valence-electron chi connectivity index (χ3n) is 3.44. The van der Waals surface area contributed by atoms with Gasteiger partial charge in [-0.3, -0.25) is 0 Å². The van der Waals surface area contributed by atoms with Crippen LogP contribution in [0, 0.1) is 5.92 Å². The monoisotopic (exact) mass is 206 g/mol. The van der Waals surface area contributed by atoms with Crippen LogP contribution in [-0.2, 0) is 12.8 Å². The van der Waals surface area contributed by atoms with Crippen LogP contribution in [-0.4, -0.2) is 10.2 Å². The minimum absolute atomic E-state index is 0.615. The highest BCUT2D eigenvalue weighted by atomic mass is 16.5. The van der Waals surface area contributed by atoms with E-state index < -0.39 is 6.29 Å². The van der Waals surface area contributed by atoms with Crippen molar-refractivity contribution < 1.29 is 10.2 Å². The van der Waals surface area contributed by atoms with Crippen LogP contribution < -0.4 is 0 Å². The van der Waals surface area contributed by atoms with E-state index in [1.165, 1.54) is 24.0 Å². The lowest BCUT2D eigenvalue weighted by molar-refractivity contribution is -0.0425. The van der Waals surface area contributed by atoms with Gasteiger partial charge >= 0.3 is 0 Å². The maximum Gasteiger partial charge on any atom is 0.178 e. The number of aryl methyl sites for hydroxylation is 1. The van der Waals surface area contributed by atoms with E-state index in [1.807, 2.05) is 18.2 Å². The fourth-order valence-electron chi connectivity index (χ4n) is 2.36. The summed E-state index contributed by atoms with van der Waals surface area (Å²) in [6.45, 7) is 2.24. The highest BCUT2D eigenvalue weighted by Crippen LogP contribution is 2.29. The standard InChI is InChI=1S/C13H18O2/c1-2-9-3-4-11-8-12(13(14)15)6-5-10(11)7-9/h5-6,8-9,13-15H,2-4,7H2,1H3. The molecule has 0 saturated carbocycles. The van der Waals surface area contributed by atoms with Crippen LogP contribution in [0.1, 0.15) is 42.7 Å². The third kappa shape index (κ3) is 2.21. The summed E-state index contributed by atoms with van der Waals surface area (Å²) in [7, 11) is 0. The van der Waals surface area contributed by atoms with Crippen LogP contribution >= 0.6 is 0 Å². The number of aliphatic hydroxyl groups excluding tert-OH is 1. The van der Waals surface area contributed by atoms with Gasteiger partial charge in [-0.15, -0.1) is 0 Å². The van der Waals surface area contributed by atoms with Gasteiger partial charge in [0, 0.05) is 5.56 Å². The molecular formula is C13H18O2. The summed E-state index contributed by atoms with van der Waals surface area (Å²) in [6, 6.07) is 5.80. The van der Waals surface area contributed by atoms with Crippen molar-refractivity contribution in [3.05, 3.63) is 34.9 Å². The molecule has 1 unspecified atom stereocenters. The van der Waals surface area contributed by atoms with E-state index in [2.05, 4.69) is 6.92 Å². The van der Waals surface area contributed by atoms with Crippen molar-refractivity contribution in [3.63, 3.8) is 0 Å². The largest absolute Gasteiger partial charge is 0.364 e. The third-order valence-corrected chi connectivity index (χ3v) is 3.44. The van der Waals surface area contributed by atoms with Crippen molar-refractivity contribution in [2.24, 2.45) is 5.92 Å². The van der Waals surface area contributed by atoms with Gasteiger partial charge in [0.1, 0.15) is 0 Å². The Morgan fingerprint density at radius 3 is 2.80 bits per heavy atom. The Kier molecular flexibility index (Phi) is 3.08. The SMILES string of the molecule is CCC1CCc2cc(C(O)O)ccc2C1. The first-order valence-electron chi connectivity index (χ1n) is 5.68. The van der Waals surface area contributed by atoms with Crippen molar-refractivity contribution in [1.82, 2.24) is 0 Å². The van der Waals surface area contributed by atoms with Crippen LogP contribution in [0.25, 0.3) is 0 Å². The number of aliphatic hydroxyl groups is 2. The first-order chi connectivity index (χ1) is 7.20. The normalized spacial score (nSPS) is 20.4. The summed E-state index contributed by atoms with van der Waals surface area (Å²) in [5.41, 5.74) is 3.30. The summed E-state index contributed by atoms with van der Waals surface area (Å²) in [5, 5.41) is 18.2. The Morgan fingerprint density at radius 2 is 2.13 bits per heavy atom. The van der Waals surface area contributed by atoms with Crippen LogP contribution in [0.4, 0.5) is 0 Å². The van der Waals surface area contributed by atoms with Gasteiger partial charge < -0.3 is 10.2 Å². The summed E-state index contributed by atoms with van der Waals surface area (Å²) >= 11 is 0. The lowest BCUT2D eigenvalue weighted by Gasteiger charge is -2.24. The molecule has 2 nitrogen and oxygen atoms in total. The van der Waals surface area contributed by atoms with E-state index in [9.17, 15) is 0 Å². The molecule has 0 bridgehead atoms. The Bertz CT molecular complexity index is 344. The molecule has 1 aliphatic rings. The van der Waals surface area contributed by atoms with Crippen LogP contribution in [0.2, 0.25) is 0 Å². The van der Waals surface area contributed by atoms with Gasteiger partial charge in [0.2, 0.25) is 0 Å². The molecule has 0 spiro atoms. The van der Waals surface area contributed by atoms with E-state index in [-0.39, 0.29) is 0 Å². The van der Waals surface area contributed by atoms with Crippen molar-refractivity contribution in [2.45, 2.75) is 38.9 Å². The minimum Gasteiger partial charge on any atom is -0.364 e. The Labute approximate surface area is 90.6 Å². The molecule has 1 aromatic rings. The number of hydrogen-bond acceptors (Lipinski definition) is 2. The van der Waals surface area contributed by atoms with Gasteiger partial charge in [-0.05, 0) is 36.3 Å². The van der Waals surface area contributed by atoms with E-state index in [0.717, 1.165) is 18.8 Å². The molecule has 82 valence electrons. The van der Waals surface area contributed by atoms with Gasteiger partial charge in [-0.25, -0.2) is 0 Å². The fourth-order valence-corrected chi connectivity index (χ4v) is 2.36. The molecule has 0 saturated heterocycles. The molecular weight excluding hydrogens is 188 g/mol. The average molecular weight is 206 g/mol. The van der Waals surface area contributed by atoms with Gasteiger partial charge in [0.05, 0.1) is 0 Å². The number of fused-ring (bicyclic) bond motifs is 1. The molecule has 1 atom stereocenters. The summed E-state index contributed by atoms with van der Waals surface area (Å²) < 4.78 is 0. The predicted molar refractivity (Wildman–Crippen MR) is 59.4 cm³/mol. The molecule has 0 aromatic heterocycles. The highest BCUT2D eigenvalue weighted by Gasteiger charge is 2.18. The molecule has 0 heterocycles. The van der Waals surface area contributed by atoms with E-state index in [0.29, 0.717) is 5.56 Å². The quantitative estimate of drug-likeness (QED) is 0.728. The average Bonchev–Trinajstić information content (AvgIpc) is 2.27. The van der Waals surface area contributed by atoms with Crippen molar-refractivity contribution in [1.29, 1.82) is 0 Å². The number of hydrogen-bond donors (Lipinski definition) is 2. The second-order valence-electron chi connectivity index (χ2n) is 4.42. The van der Waals surface area contributed by atoms with Crippen LogP contribution in [0.3, 0.4) is 0 Å². The lowest BCUT2D eigenvalue weighted by Crippen LogP contribution is -2.14. The van der Waals surface area contributed by atoms with Gasteiger partial charge in [0.25, 0.3) is 0 Å². The molecule has 15 heavy (non-hydrogen) atoms. The Hall–Kier alpha value is -0.860. The van der Waals surface area contributed by atoms with Crippen LogP contribution in [0.15, 0.2) is 18.2 Å². The molecule has 0 aliphatic heterocycles. The summed E-state index contributed by atoms with van der Waals surface area (Å²) in [5.74, 6) is 0.808. The van der Waals surface area contributed by atoms with Crippen molar-refractivity contribution in [2.75, 3.05) is 0 Å². The fraction of sp³-hybridized carbons (Fsp3) is 0.538. The topological polar surface area (TPSA) is 40.5 Å². The molecule has 0 fully saturated rings. The van der Waals surface area contributed by atoms with Crippen molar-refractivity contribution in [3.8, 4) is 0 Å². The predicted octanol–water partition coefficient (Wildman–Crippen LogP) is 2.18. The van der Waals surface area contributed by atoms with E-state index >= 15 is 0 Å². The Balaban J connectivity index is 2.24. The van der Waals surface area contributed by atoms with Crippen molar-refractivity contribution >= 4 is 0 Å². The minimum atomic E-state index is -1.33. The van der Waals surface area contributed by atoms with Gasteiger partial charge in [0.15, 0.2) is 6.29 Å². The maximum atomic E-state index is 9.08. The highest BCUT2D eigenvalue weighted by molar-refractivity contribution is 5.34. The second kappa shape index (κ2) is 4.33. The maximum absolute atomic E-state index is 9.08. The molecule has 1 aromatic carbocycles. The van der Waals surface area contributed by atoms with E-state index in [4.69, 9.17) is 10.2 Å². The zero-order valence-corrected chi connectivity index (χ0v) is 9.11. The number of rotatable bonds is 2. The van der Waals surface area contributed by atoms with E-state index in [1.54, 1.807) is 0 Å². The molecule has 0 amide bonds. The lowest BCUT2D eigenvalue weighted by atomic mass is 9.82. The molecule has 2 rings (SSSR count).